The Kier molecular flexibility index (Phi) is 3.06. The van der Waals surface area contributed by atoms with E-state index in [1.807, 2.05) is 6.07 Å². The standard InChI is InChI=1S/C12H10N2O3/c1-2-16-12(15)9(7-13)11-8-5-3-4-6-10(8)17-14-11/h3-6,9H,2H2,1H3. The second-order valence-electron chi connectivity index (χ2n) is 3.38. The van der Waals surface area contributed by atoms with E-state index in [0.717, 1.165) is 0 Å². The molecular formula is C12H10N2O3. The van der Waals surface area contributed by atoms with Gasteiger partial charge in [-0.25, -0.2) is 0 Å². The van der Waals surface area contributed by atoms with Gasteiger partial charge in [-0.3, -0.25) is 4.79 Å². The van der Waals surface area contributed by atoms with E-state index in [-0.39, 0.29) is 6.61 Å². The van der Waals surface area contributed by atoms with Gasteiger partial charge in [-0.05, 0) is 19.1 Å². The highest BCUT2D eigenvalue weighted by Gasteiger charge is 2.27. The van der Waals surface area contributed by atoms with Crippen molar-refractivity contribution in [1.29, 1.82) is 5.26 Å². The molecule has 2 aromatic rings. The van der Waals surface area contributed by atoms with Gasteiger partial charge < -0.3 is 9.26 Å². The summed E-state index contributed by atoms with van der Waals surface area (Å²) in [6, 6.07) is 8.96. The molecular weight excluding hydrogens is 220 g/mol. The minimum Gasteiger partial charge on any atom is -0.465 e. The maximum Gasteiger partial charge on any atom is 0.329 e. The first-order valence-corrected chi connectivity index (χ1v) is 5.18. The van der Waals surface area contributed by atoms with Gasteiger partial charge in [0.15, 0.2) is 11.5 Å². The summed E-state index contributed by atoms with van der Waals surface area (Å²) >= 11 is 0. The Morgan fingerprint density at radius 1 is 1.59 bits per heavy atom. The minimum absolute atomic E-state index is 0.229. The van der Waals surface area contributed by atoms with E-state index in [9.17, 15) is 4.79 Å². The van der Waals surface area contributed by atoms with E-state index in [1.54, 1.807) is 31.2 Å². The molecule has 0 aliphatic heterocycles. The lowest BCUT2D eigenvalue weighted by Gasteiger charge is -2.04. The number of fused-ring (bicyclic) bond motifs is 1. The molecule has 0 saturated heterocycles. The number of nitriles is 1. The molecule has 1 unspecified atom stereocenters. The van der Waals surface area contributed by atoms with Crippen molar-refractivity contribution in [3.63, 3.8) is 0 Å². The zero-order valence-electron chi connectivity index (χ0n) is 9.21. The number of para-hydroxylation sites is 1. The molecule has 5 heteroatoms. The van der Waals surface area contributed by atoms with E-state index < -0.39 is 11.9 Å². The fourth-order valence-corrected chi connectivity index (χ4v) is 1.56. The summed E-state index contributed by atoms with van der Waals surface area (Å²) in [5, 5.41) is 13.5. The third-order valence-corrected chi connectivity index (χ3v) is 2.33. The zero-order valence-corrected chi connectivity index (χ0v) is 9.21. The number of hydrogen-bond acceptors (Lipinski definition) is 5. The Bertz CT molecular complexity index is 583. The van der Waals surface area contributed by atoms with Gasteiger partial charge in [0, 0.05) is 5.39 Å². The van der Waals surface area contributed by atoms with Crippen LogP contribution in [0.25, 0.3) is 11.0 Å². The first kappa shape index (κ1) is 11.1. The van der Waals surface area contributed by atoms with E-state index in [4.69, 9.17) is 14.5 Å². The first-order valence-electron chi connectivity index (χ1n) is 5.18. The highest BCUT2D eigenvalue weighted by Crippen LogP contribution is 2.25. The zero-order chi connectivity index (χ0) is 12.3. The molecule has 0 spiro atoms. The van der Waals surface area contributed by atoms with Crippen LogP contribution in [0.2, 0.25) is 0 Å². The molecule has 86 valence electrons. The summed E-state index contributed by atoms with van der Waals surface area (Å²) < 4.78 is 9.88. The third kappa shape index (κ3) is 1.97. The fraction of sp³-hybridized carbons (Fsp3) is 0.250. The third-order valence-electron chi connectivity index (χ3n) is 2.33. The van der Waals surface area contributed by atoms with Crippen LogP contribution < -0.4 is 0 Å². The van der Waals surface area contributed by atoms with Gasteiger partial charge in [0.1, 0.15) is 5.69 Å². The van der Waals surface area contributed by atoms with Crippen LogP contribution in [0, 0.1) is 11.3 Å². The summed E-state index contributed by atoms with van der Waals surface area (Å²) in [5.74, 6) is -1.65. The van der Waals surface area contributed by atoms with E-state index in [2.05, 4.69) is 5.16 Å². The molecule has 0 fully saturated rings. The number of benzene rings is 1. The molecule has 2 rings (SSSR count). The highest BCUT2D eigenvalue weighted by atomic mass is 16.5. The first-order chi connectivity index (χ1) is 8.27. The van der Waals surface area contributed by atoms with E-state index in [1.165, 1.54) is 0 Å². The lowest BCUT2D eigenvalue weighted by Crippen LogP contribution is -2.14. The van der Waals surface area contributed by atoms with Crippen LogP contribution in [0.15, 0.2) is 28.8 Å². The lowest BCUT2D eigenvalue weighted by molar-refractivity contribution is -0.143. The molecule has 0 bridgehead atoms. The Balaban J connectivity index is 2.44. The van der Waals surface area contributed by atoms with E-state index >= 15 is 0 Å². The van der Waals surface area contributed by atoms with Crippen LogP contribution in [0.4, 0.5) is 0 Å². The molecule has 0 radical (unpaired) electrons. The van der Waals surface area contributed by atoms with E-state index in [0.29, 0.717) is 16.7 Å². The monoisotopic (exact) mass is 230 g/mol. The van der Waals surface area contributed by atoms with Gasteiger partial charge in [-0.2, -0.15) is 5.26 Å². The average Bonchev–Trinajstić information content (AvgIpc) is 2.75. The SMILES string of the molecule is CCOC(=O)C(C#N)c1noc2ccccc12. The van der Waals surface area contributed by atoms with Crippen LogP contribution in [-0.4, -0.2) is 17.7 Å². The summed E-state index contributed by atoms with van der Waals surface area (Å²) in [7, 11) is 0. The number of hydrogen-bond donors (Lipinski definition) is 0. The Morgan fingerprint density at radius 2 is 2.35 bits per heavy atom. The largest absolute Gasteiger partial charge is 0.465 e. The molecule has 1 aromatic carbocycles. The number of carbonyl (C=O) groups is 1. The van der Waals surface area contributed by atoms with Crippen LogP contribution >= 0.6 is 0 Å². The fourth-order valence-electron chi connectivity index (χ4n) is 1.56. The van der Waals surface area contributed by atoms with Gasteiger partial charge in [-0.1, -0.05) is 17.3 Å². The number of aromatic nitrogens is 1. The van der Waals surface area contributed by atoms with Crippen LogP contribution in [0.3, 0.4) is 0 Å². The number of rotatable bonds is 3. The summed E-state index contributed by atoms with van der Waals surface area (Å²) in [4.78, 5) is 11.6. The number of nitrogens with zero attached hydrogens (tertiary/aromatic N) is 2. The van der Waals surface area contributed by atoms with Crippen molar-refractivity contribution in [3.05, 3.63) is 30.0 Å². The molecule has 0 aliphatic carbocycles. The normalized spacial score (nSPS) is 12.0. The van der Waals surface area contributed by atoms with Crippen LogP contribution in [0.5, 0.6) is 0 Å². The summed E-state index contributed by atoms with van der Waals surface area (Å²) in [5.41, 5.74) is 0.855. The van der Waals surface area contributed by atoms with Crippen molar-refractivity contribution >= 4 is 16.9 Å². The van der Waals surface area contributed by atoms with Crippen LogP contribution in [0.1, 0.15) is 18.5 Å². The predicted octanol–water partition coefficient (Wildman–Crippen LogP) is 2.00. The molecule has 17 heavy (non-hydrogen) atoms. The van der Waals surface area contributed by atoms with Crippen molar-refractivity contribution in [2.24, 2.45) is 0 Å². The van der Waals surface area contributed by atoms with Crippen molar-refractivity contribution in [2.45, 2.75) is 12.8 Å². The smallest absolute Gasteiger partial charge is 0.329 e. The molecule has 5 nitrogen and oxygen atoms in total. The second kappa shape index (κ2) is 4.66. The maximum absolute atomic E-state index is 11.6. The molecule has 0 N–H and O–H groups in total. The molecule has 1 aromatic heterocycles. The molecule has 0 aliphatic rings. The summed E-state index contributed by atoms with van der Waals surface area (Å²) in [6.45, 7) is 1.92. The van der Waals surface area contributed by atoms with Crippen molar-refractivity contribution in [2.75, 3.05) is 6.61 Å². The van der Waals surface area contributed by atoms with Crippen molar-refractivity contribution in [1.82, 2.24) is 5.16 Å². The Labute approximate surface area is 97.6 Å². The second-order valence-corrected chi connectivity index (χ2v) is 3.38. The Hall–Kier alpha value is -2.35. The van der Waals surface area contributed by atoms with Crippen molar-refractivity contribution < 1.29 is 14.1 Å². The quantitative estimate of drug-likeness (QED) is 0.753. The minimum atomic E-state index is -1.04. The number of carbonyl (C=O) groups excluding carboxylic acids is 1. The average molecular weight is 230 g/mol. The topological polar surface area (TPSA) is 76.1 Å². The predicted molar refractivity (Wildman–Crippen MR) is 59.0 cm³/mol. The van der Waals surface area contributed by atoms with Crippen LogP contribution in [-0.2, 0) is 9.53 Å². The number of ether oxygens (including phenoxy) is 1. The molecule has 1 atom stereocenters. The van der Waals surface area contributed by atoms with Gasteiger partial charge in [0.05, 0.1) is 12.7 Å². The molecule has 0 saturated carbocycles. The summed E-state index contributed by atoms with van der Waals surface area (Å²) in [6.07, 6.45) is 0. The lowest BCUT2D eigenvalue weighted by atomic mass is 10.0. The van der Waals surface area contributed by atoms with Gasteiger partial charge >= 0.3 is 5.97 Å². The molecule has 0 amide bonds. The maximum atomic E-state index is 11.6. The highest BCUT2D eigenvalue weighted by molar-refractivity contribution is 5.89. The van der Waals surface area contributed by atoms with Gasteiger partial charge in [0.2, 0.25) is 0 Å². The number of esters is 1. The van der Waals surface area contributed by atoms with Gasteiger partial charge in [-0.15, -0.1) is 0 Å². The van der Waals surface area contributed by atoms with Crippen molar-refractivity contribution in [3.8, 4) is 6.07 Å². The molecule has 1 heterocycles. The van der Waals surface area contributed by atoms with Gasteiger partial charge in [0.25, 0.3) is 0 Å². The Morgan fingerprint density at radius 3 is 3.06 bits per heavy atom.